The number of nitrogens with one attached hydrogen (secondary N) is 3. The van der Waals surface area contributed by atoms with Gasteiger partial charge in [0, 0.05) is 28.4 Å². The number of hydrogen-bond acceptors (Lipinski definition) is 7. The number of nitrogens with two attached hydrogens (primary N) is 1. The molecule has 1 atom stereocenters. The summed E-state index contributed by atoms with van der Waals surface area (Å²) in [6, 6.07) is -1.26. The first-order valence-corrected chi connectivity index (χ1v) is 8.12. The maximum Gasteiger partial charge on any atom is 0.483 e. The van der Waals surface area contributed by atoms with Crippen molar-refractivity contribution in [3.63, 3.8) is 0 Å². The lowest BCUT2D eigenvalue weighted by atomic mass is 10.1. The molecule has 11 heteroatoms. The van der Waals surface area contributed by atoms with E-state index in [9.17, 15) is 9.59 Å². The number of aliphatic carboxylic acids is 1. The van der Waals surface area contributed by atoms with Crippen LogP contribution in [0.3, 0.4) is 0 Å². The van der Waals surface area contributed by atoms with Crippen LogP contribution in [0.4, 0.5) is 4.79 Å². The van der Waals surface area contributed by atoms with Gasteiger partial charge in [0.1, 0.15) is 6.04 Å². The Morgan fingerprint density at radius 2 is 1.73 bits per heavy atom. The molecule has 0 aliphatic carbocycles. The molecular formula is C11H28N4O6Si. The number of amides is 2. The molecule has 0 aliphatic heterocycles. The molecule has 6 N–H and O–H groups in total. The van der Waals surface area contributed by atoms with E-state index in [1.165, 1.54) is 7.05 Å². The first kappa shape index (κ1) is 23.0. The molecule has 0 heterocycles. The van der Waals surface area contributed by atoms with Crippen LogP contribution in [0.1, 0.15) is 19.3 Å². The highest BCUT2D eigenvalue weighted by Gasteiger charge is 2.16. The maximum absolute atomic E-state index is 10.8. The molecule has 2 amide bonds. The van der Waals surface area contributed by atoms with Gasteiger partial charge in [0.2, 0.25) is 0 Å². The number of carbonyl (C=O) groups is 2. The summed E-state index contributed by atoms with van der Waals surface area (Å²) in [5, 5.41) is 11.1. The molecule has 0 saturated heterocycles. The fraction of sp³-hybridized carbons (Fsp3) is 0.818. The minimum atomic E-state index is -1.67. The number of carbonyl (C=O) groups excluding carboxylic acids is 1. The topological polar surface area (TPSA) is 144 Å². The van der Waals surface area contributed by atoms with Crippen LogP contribution in [0.2, 0.25) is 0 Å². The highest BCUT2D eigenvalue weighted by molar-refractivity contribution is 6.36. The van der Waals surface area contributed by atoms with Crippen LogP contribution < -0.4 is 21.9 Å². The van der Waals surface area contributed by atoms with Crippen LogP contribution in [0.5, 0.6) is 0 Å². The van der Waals surface area contributed by atoms with Crippen molar-refractivity contribution in [3.8, 4) is 0 Å². The van der Waals surface area contributed by atoms with Gasteiger partial charge in [-0.15, -0.1) is 0 Å². The van der Waals surface area contributed by atoms with E-state index in [4.69, 9.17) is 24.1 Å². The lowest BCUT2D eigenvalue weighted by Gasteiger charge is -2.14. The first-order valence-electron chi connectivity index (χ1n) is 6.71. The summed E-state index contributed by atoms with van der Waals surface area (Å²) in [6.45, 7) is 0.537. The molecule has 0 fully saturated rings. The molecule has 0 aromatic heterocycles. The fourth-order valence-corrected chi connectivity index (χ4v) is 1.83. The number of hydrazine groups is 1. The van der Waals surface area contributed by atoms with Gasteiger partial charge in [0.25, 0.3) is 0 Å². The molecule has 1 unspecified atom stereocenters. The lowest BCUT2D eigenvalue weighted by molar-refractivity contribution is -0.139. The number of carboxylic acids is 1. The van der Waals surface area contributed by atoms with Crippen LogP contribution in [0.15, 0.2) is 0 Å². The summed E-state index contributed by atoms with van der Waals surface area (Å²) >= 11 is 0. The molecular weight excluding hydrogens is 312 g/mol. The van der Waals surface area contributed by atoms with Crippen LogP contribution in [0, 0.1) is 0 Å². The molecule has 0 aromatic carbocycles. The van der Waals surface area contributed by atoms with Gasteiger partial charge in [0.15, 0.2) is 0 Å². The minimum Gasteiger partial charge on any atom is -0.480 e. The third-order valence-corrected chi connectivity index (χ3v) is 3.56. The number of urea groups is 1. The van der Waals surface area contributed by atoms with Crippen molar-refractivity contribution in [2.45, 2.75) is 25.3 Å². The van der Waals surface area contributed by atoms with Crippen molar-refractivity contribution in [2.24, 2.45) is 5.73 Å². The Hall–Kier alpha value is -1.24. The van der Waals surface area contributed by atoms with Crippen molar-refractivity contribution < 1.29 is 28.0 Å². The fourth-order valence-electron chi connectivity index (χ4n) is 1.25. The number of rotatable bonds is 10. The van der Waals surface area contributed by atoms with Crippen molar-refractivity contribution in [3.05, 3.63) is 0 Å². The van der Waals surface area contributed by atoms with Gasteiger partial charge in [-0.1, -0.05) is 0 Å². The van der Waals surface area contributed by atoms with Gasteiger partial charge in [-0.25, -0.2) is 10.2 Å². The second-order valence-electron chi connectivity index (χ2n) is 4.02. The minimum absolute atomic E-state index is 0.427. The molecule has 10 nitrogen and oxygen atoms in total. The predicted molar refractivity (Wildman–Crippen MR) is 83.2 cm³/mol. The van der Waals surface area contributed by atoms with E-state index in [0.717, 1.165) is 6.42 Å². The van der Waals surface area contributed by atoms with E-state index < -0.39 is 27.6 Å². The molecule has 132 valence electrons. The zero-order valence-electron chi connectivity index (χ0n) is 13.5. The zero-order chi connectivity index (χ0) is 17.4. The molecule has 0 bridgehead atoms. The Kier molecular flexibility index (Phi) is 16.9. The molecule has 0 aliphatic rings. The quantitative estimate of drug-likeness (QED) is 0.186. The predicted octanol–water partition coefficient (Wildman–Crippen LogP) is -1.35. The van der Waals surface area contributed by atoms with E-state index in [0.29, 0.717) is 19.4 Å². The van der Waals surface area contributed by atoms with E-state index in [1.54, 1.807) is 21.3 Å². The Labute approximate surface area is 132 Å². The van der Waals surface area contributed by atoms with Crippen LogP contribution in [0.25, 0.3) is 0 Å². The first-order chi connectivity index (χ1) is 10.5. The Balaban J connectivity index is 0. The third kappa shape index (κ3) is 13.7. The SMILES string of the molecule is CNC(=O)NNC(CCCCN)C(=O)O.CO[SiH](OC)OC. The van der Waals surface area contributed by atoms with Crippen LogP contribution in [-0.2, 0) is 18.1 Å². The van der Waals surface area contributed by atoms with E-state index >= 15 is 0 Å². The monoisotopic (exact) mass is 340 g/mol. The van der Waals surface area contributed by atoms with Gasteiger partial charge in [-0.2, -0.15) is 0 Å². The average Bonchev–Trinajstić information content (AvgIpc) is 2.52. The zero-order valence-corrected chi connectivity index (χ0v) is 14.7. The van der Waals surface area contributed by atoms with Crippen LogP contribution >= 0.6 is 0 Å². The average molecular weight is 340 g/mol. The van der Waals surface area contributed by atoms with Crippen LogP contribution in [-0.4, -0.2) is 67.6 Å². The van der Waals surface area contributed by atoms with E-state index in [1.807, 2.05) is 0 Å². The second-order valence-corrected chi connectivity index (χ2v) is 6.01. The molecule has 22 heavy (non-hydrogen) atoms. The molecule has 0 spiro atoms. The summed E-state index contributed by atoms with van der Waals surface area (Å²) in [4.78, 5) is 21.5. The van der Waals surface area contributed by atoms with E-state index in [2.05, 4.69) is 16.2 Å². The number of unbranched alkanes of at least 4 members (excludes halogenated alkanes) is 1. The number of carboxylic acid groups (broad SMARTS) is 1. The van der Waals surface area contributed by atoms with Gasteiger partial charge < -0.3 is 29.4 Å². The smallest absolute Gasteiger partial charge is 0.480 e. The van der Waals surface area contributed by atoms with Crippen molar-refractivity contribution in [1.29, 1.82) is 0 Å². The highest BCUT2D eigenvalue weighted by atomic mass is 28.3. The van der Waals surface area contributed by atoms with Crippen molar-refractivity contribution in [2.75, 3.05) is 34.9 Å². The van der Waals surface area contributed by atoms with Gasteiger partial charge in [-0.3, -0.25) is 10.2 Å². The van der Waals surface area contributed by atoms with Crippen molar-refractivity contribution in [1.82, 2.24) is 16.2 Å². The number of hydrogen-bond donors (Lipinski definition) is 5. The maximum atomic E-state index is 10.8. The lowest BCUT2D eigenvalue weighted by Crippen LogP contribution is -2.50. The van der Waals surface area contributed by atoms with Gasteiger partial charge in [0.05, 0.1) is 0 Å². The summed E-state index contributed by atoms with van der Waals surface area (Å²) in [5.41, 5.74) is 9.94. The van der Waals surface area contributed by atoms with Crippen molar-refractivity contribution >= 4 is 21.5 Å². The van der Waals surface area contributed by atoms with Gasteiger partial charge in [-0.05, 0) is 25.8 Å². The van der Waals surface area contributed by atoms with Gasteiger partial charge >= 0.3 is 21.5 Å². The van der Waals surface area contributed by atoms with E-state index in [-0.39, 0.29) is 0 Å². The molecule has 0 rings (SSSR count). The summed E-state index contributed by atoms with van der Waals surface area (Å²) < 4.78 is 14.2. The molecule has 0 saturated carbocycles. The highest BCUT2D eigenvalue weighted by Crippen LogP contribution is 1.99. The Morgan fingerprint density at radius 1 is 1.18 bits per heavy atom. The molecule has 0 radical (unpaired) electrons. The largest absolute Gasteiger partial charge is 0.483 e. The standard InChI is InChI=1S/C8H18N4O3.C3H10O3Si/c1-10-8(15)12-11-6(7(13)14)4-2-3-5-9;1-4-7(5-2)6-3/h6,11H,2-5,9H2,1H3,(H,13,14)(H2,10,12,15);7H,1-3H3. The molecule has 0 aromatic rings. The summed E-state index contributed by atoms with van der Waals surface area (Å²) in [7, 11) is 4.49. The summed E-state index contributed by atoms with van der Waals surface area (Å²) in [6.07, 6.45) is 1.90. The Morgan fingerprint density at radius 3 is 2.05 bits per heavy atom. The Bertz CT molecular complexity index is 288. The third-order valence-electron chi connectivity index (χ3n) is 2.41. The normalized spacial score (nSPS) is 11.4. The summed E-state index contributed by atoms with van der Waals surface area (Å²) in [5.74, 6) is -0.997. The second kappa shape index (κ2) is 16.1.